The van der Waals surface area contributed by atoms with Gasteiger partial charge in [-0.25, -0.2) is 0 Å². The zero-order chi connectivity index (χ0) is 12.3. The number of nitrogens with zero attached hydrogens (tertiary/aromatic N) is 1. The van der Waals surface area contributed by atoms with Crippen LogP contribution in [0.2, 0.25) is 0 Å². The minimum atomic E-state index is -0.510. The molecular formula is C14H21NO2. The van der Waals surface area contributed by atoms with Gasteiger partial charge in [-0.3, -0.25) is 0 Å². The van der Waals surface area contributed by atoms with E-state index >= 15 is 0 Å². The summed E-state index contributed by atoms with van der Waals surface area (Å²) in [6.45, 7) is 0.763. The van der Waals surface area contributed by atoms with Crippen LogP contribution in [0.4, 0.5) is 5.69 Å². The quantitative estimate of drug-likeness (QED) is 0.838. The van der Waals surface area contributed by atoms with Crippen molar-refractivity contribution in [3.63, 3.8) is 0 Å². The summed E-state index contributed by atoms with van der Waals surface area (Å²) in [6, 6.07) is 7.82. The lowest BCUT2D eigenvalue weighted by Crippen LogP contribution is -2.39. The molecule has 0 heterocycles. The van der Waals surface area contributed by atoms with Crippen molar-refractivity contribution in [3.8, 4) is 0 Å². The van der Waals surface area contributed by atoms with Gasteiger partial charge >= 0.3 is 0 Å². The second-order valence-corrected chi connectivity index (χ2v) is 5.11. The summed E-state index contributed by atoms with van der Waals surface area (Å²) in [4.78, 5) is 2.09. The molecule has 17 heavy (non-hydrogen) atoms. The largest absolute Gasteiger partial charge is 0.392 e. The molecule has 1 saturated carbocycles. The predicted molar refractivity (Wildman–Crippen MR) is 69.1 cm³/mol. The van der Waals surface area contributed by atoms with E-state index in [1.807, 2.05) is 31.3 Å². The zero-order valence-corrected chi connectivity index (χ0v) is 10.4. The third kappa shape index (κ3) is 2.99. The Morgan fingerprint density at radius 3 is 2.29 bits per heavy atom. The molecule has 1 fully saturated rings. The smallest absolute Gasteiger partial charge is 0.0821 e. The van der Waals surface area contributed by atoms with Crippen molar-refractivity contribution < 1.29 is 10.2 Å². The van der Waals surface area contributed by atoms with Crippen LogP contribution in [0, 0.1) is 0 Å². The molecule has 2 N–H and O–H groups in total. The van der Waals surface area contributed by atoms with Gasteiger partial charge in [0.25, 0.3) is 0 Å². The van der Waals surface area contributed by atoms with Gasteiger partial charge in [0.05, 0.1) is 12.2 Å². The van der Waals surface area contributed by atoms with Crippen LogP contribution in [-0.2, 0) is 6.61 Å². The fourth-order valence-electron chi connectivity index (χ4n) is 2.58. The first-order valence-electron chi connectivity index (χ1n) is 6.26. The van der Waals surface area contributed by atoms with E-state index in [1.54, 1.807) is 0 Å². The SMILES string of the molecule is CN(CC1(O)CCCC1)c1ccc(CO)cc1. The van der Waals surface area contributed by atoms with Gasteiger partial charge in [-0.05, 0) is 30.5 Å². The second-order valence-electron chi connectivity index (χ2n) is 5.11. The van der Waals surface area contributed by atoms with Gasteiger partial charge in [0.2, 0.25) is 0 Å². The maximum Gasteiger partial charge on any atom is 0.0821 e. The van der Waals surface area contributed by atoms with Crippen molar-refractivity contribution in [1.29, 1.82) is 0 Å². The van der Waals surface area contributed by atoms with Crippen molar-refractivity contribution in [2.24, 2.45) is 0 Å². The molecule has 1 aromatic rings. The Bertz CT molecular complexity index is 355. The fourth-order valence-corrected chi connectivity index (χ4v) is 2.58. The third-order valence-corrected chi connectivity index (χ3v) is 3.63. The molecule has 0 amide bonds. The van der Waals surface area contributed by atoms with Crippen molar-refractivity contribution in [1.82, 2.24) is 0 Å². The van der Waals surface area contributed by atoms with E-state index in [2.05, 4.69) is 4.90 Å². The highest BCUT2D eigenvalue weighted by Gasteiger charge is 2.32. The molecule has 0 saturated heterocycles. The summed E-state index contributed by atoms with van der Waals surface area (Å²) >= 11 is 0. The Hall–Kier alpha value is -1.06. The van der Waals surface area contributed by atoms with Crippen LogP contribution in [0.25, 0.3) is 0 Å². The molecule has 1 aliphatic rings. The number of likely N-dealkylation sites (N-methyl/N-ethyl adjacent to an activating group) is 1. The minimum absolute atomic E-state index is 0.0773. The molecule has 1 aromatic carbocycles. The summed E-state index contributed by atoms with van der Waals surface area (Å²) in [5.74, 6) is 0. The van der Waals surface area contributed by atoms with Gasteiger partial charge in [0.1, 0.15) is 0 Å². The van der Waals surface area contributed by atoms with Gasteiger partial charge < -0.3 is 15.1 Å². The van der Waals surface area contributed by atoms with Crippen LogP contribution in [0.15, 0.2) is 24.3 Å². The average molecular weight is 235 g/mol. The molecule has 0 bridgehead atoms. The van der Waals surface area contributed by atoms with Crippen molar-refractivity contribution in [2.45, 2.75) is 37.9 Å². The van der Waals surface area contributed by atoms with Crippen LogP contribution >= 0.6 is 0 Å². The second kappa shape index (κ2) is 5.07. The Balaban J connectivity index is 2.01. The summed E-state index contributed by atoms with van der Waals surface area (Å²) in [6.07, 6.45) is 4.08. The number of hydrogen-bond acceptors (Lipinski definition) is 3. The van der Waals surface area contributed by atoms with E-state index in [1.165, 1.54) is 0 Å². The van der Waals surface area contributed by atoms with E-state index < -0.39 is 5.60 Å². The maximum atomic E-state index is 10.3. The fraction of sp³-hybridized carbons (Fsp3) is 0.571. The van der Waals surface area contributed by atoms with Crippen LogP contribution in [0.5, 0.6) is 0 Å². The Morgan fingerprint density at radius 2 is 1.76 bits per heavy atom. The standard InChI is InChI=1S/C14H21NO2/c1-15(11-14(17)8-2-3-9-14)13-6-4-12(10-16)5-7-13/h4-7,16-17H,2-3,8-11H2,1H3. The van der Waals surface area contributed by atoms with Gasteiger partial charge in [0.15, 0.2) is 0 Å². The molecule has 0 unspecified atom stereocenters. The van der Waals surface area contributed by atoms with Gasteiger partial charge in [-0.1, -0.05) is 25.0 Å². The first kappa shape index (κ1) is 12.4. The summed E-state index contributed by atoms with van der Waals surface area (Å²) in [7, 11) is 2.00. The van der Waals surface area contributed by atoms with Gasteiger partial charge in [-0.15, -0.1) is 0 Å². The van der Waals surface area contributed by atoms with Crippen molar-refractivity contribution in [2.75, 3.05) is 18.5 Å². The summed E-state index contributed by atoms with van der Waals surface area (Å²) in [5, 5.41) is 19.3. The van der Waals surface area contributed by atoms with Crippen LogP contribution in [0.3, 0.4) is 0 Å². The Kier molecular flexibility index (Phi) is 3.69. The van der Waals surface area contributed by atoms with E-state index in [-0.39, 0.29) is 6.61 Å². The van der Waals surface area contributed by atoms with E-state index in [0.717, 1.165) is 36.9 Å². The number of hydrogen-bond donors (Lipinski definition) is 2. The number of anilines is 1. The van der Waals surface area contributed by atoms with Gasteiger partial charge in [0, 0.05) is 19.3 Å². The highest BCUT2D eigenvalue weighted by molar-refractivity contribution is 5.47. The number of benzene rings is 1. The maximum absolute atomic E-state index is 10.3. The molecule has 0 aliphatic heterocycles. The van der Waals surface area contributed by atoms with Crippen molar-refractivity contribution >= 4 is 5.69 Å². The molecule has 1 aliphatic carbocycles. The predicted octanol–water partition coefficient (Wildman–Crippen LogP) is 1.92. The topological polar surface area (TPSA) is 43.7 Å². The molecule has 0 radical (unpaired) electrons. The molecule has 94 valence electrons. The van der Waals surface area contributed by atoms with Crippen molar-refractivity contribution in [3.05, 3.63) is 29.8 Å². The molecule has 3 heteroatoms. The highest BCUT2D eigenvalue weighted by Crippen LogP contribution is 2.31. The van der Waals surface area contributed by atoms with Gasteiger partial charge in [-0.2, -0.15) is 0 Å². The minimum Gasteiger partial charge on any atom is -0.392 e. The molecule has 0 spiro atoms. The van der Waals surface area contributed by atoms with E-state index in [9.17, 15) is 5.11 Å². The lowest BCUT2D eigenvalue weighted by molar-refractivity contribution is 0.0559. The third-order valence-electron chi connectivity index (χ3n) is 3.63. The van der Waals surface area contributed by atoms with E-state index in [4.69, 9.17) is 5.11 Å². The molecule has 0 aromatic heterocycles. The first-order chi connectivity index (χ1) is 8.13. The molecule has 0 atom stereocenters. The number of aliphatic hydroxyl groups is 2. The van der Waals surface area contributed by atoms with Crippen LogP contribution in [0.1, 0.15) is 31.2 Å². The number of rotatable bonds is 4. The van der Waals surface area contributed by atoms with E-state index in [0.29, 0.717) is 6.54 Å². The normalized spacial score (nSPS) is 18.3. The van der Waals surface area contributed by atoms with Crippen LogP contribution < -0.4 is 4.90 Å². The monoisotopic (exact) mass is 235 g/mol. The summed E-state index contributed by atoms with van der Waals surface area (Å²) in [5.41, 5.74) is 1.49. The Morgan fingerprint density at radius 1 is 1.18 bits per heavy atom. The first-order valence-corrected chi connectivity index (χ1v) is 6.26. The molecule has 3 nitrogen and oxygen atoms in total. The zero-order valence-electron chi connectivity index (χ0n) is 10.4. The molecular weight excluding hydrogens is 214 g/mol. The molecule has 2 rings (SSSR count). The average Bonchev–Trinajstić information content (AvgIpc) is 2.76. The number of aliphatic hydroxyl groups excluding tert-OH is 1. The van der Waals surface area contributed by atoms with Crippen LogP contribution in [-0.4, -0.2) is 29.4 Å². The summed E-state index contributed by atoms with van der Waals surface area (Å²) < 4.78 is 0. The highest BCUT2D eigenvalue weighted by atomic mass is 16.3. The lowest BCUT2D eigenvalue weighted by Gasteiger charge is -2.30. The lowest BCUT2D eigenvalue weighted by atomic mass is 10.0. The Labute approximate surface area is 103 Å².